The Hall–Kier alpha value is -3.15. The molecule has 2 aromatic rings. The molecule has 4 rings (SSSR count). The van der Waals surface area contributed by atoms with Crippen molar-refractivity contribution in [2.24, 2.45) is 11.0 Å². The van der Waals surface area contributed by atoms with E-state index in [0.717, 1.165) is 29.0 Å². The molecule has 1 saturated heterocycles. The first kappa shape index (κ1) is 19.2. The maximum atomic E-state index is 12.9. The second kappa shape index (κ2) is 8.07. The third kappa shape index (κ3) is 4.16. The van der Waals surface area contributed by atoms with Crippen LogP contribution in [0.1, 0.15) is 43.7 Å². The molecule has 3 amide bonds. The SMILES string of the molecule is CC1CCC2(CC1)NC(=O)N(/N=C/c1cccc(OCc3ccccc3)c1)C2=O. The number of carbonyl (C=O) groups is 2. The van der Waals surface area contributed by atoms with Crippen LogP contribution in [0.5, 0.6) is 5.75 Å². The number of hydrogen-bond acceptors (Lipinski definition) is 4. The maximum absolute atomic E-state index is 12.9. The number of nitrogens with one attached hydrogen (secondary N) is 1. The molecule has 6 heteroatoms. The number of urea groups is 1. The Morgan fingerprint density at radius 1 is 1.14 bits per heavy atom. The molecule has 0 aromatic heterocycles. The highest BCUT2D eigenvalue weighted by molar-refractivity contribution is 6.07. The Bertz CT molecular complexity index is 918. The van der Waals surface area contributed by atoms with Crippen molar-refractivity contribution in [3.63, 3.8) is 0 Å². The van der Waals surface area contributed by atoms with Crippen LogP contribution >= 0.6 is 0 Å². The lowest BCUT2D eigenvalue weighted by Gasteiger charge is -2.33. The van der Waals surface area contributed by atoms with Gasteiger partial charge >= 0.3 is 6.03 Å². The summed E-state index contributed by atoms with van der Waals surface area (Å²) in [6.07, 6.45) is 4.74. The van der Waals surface area contributed by atoms with Crippen molar-refractivity contribution in [1.82, 2.24) is 10.3 Å². The van der Waals surface area contributed by atoms with E-state index in [2.05, 4.69) is 17.3 Å². The molecule has 1 aliphatic heterocycles. The molecule has 0 bridgehead atoms. The molecule has 1 heterocycles. The molecule has 29 heavy (non-hydrogen) atoms. The van der Waals surface area contributed by atoms with E-state index in [9.17, 15) is 9.59 Å². The van der Waals surface area contributed by atoms with Gasteiger partial charge in [-0.2, -0.15) is 5.10 Å². The van der Waals surface area contributed by atoms with E-state index in [-0.39, 0.29) is 5.91 Å². The van der Waals surface area contributed by atoms with Gasteiger partial charge in [-0.15, -0.1) is 5.01 Å². The number of imide groups is 1. The zero-order chi connectivity index (χ0) is 20.3. The normalized spacial score (nSPS) is 24.3. The summed E-state index contributed by atoms with van der Waals surface area (Å²) in [5.74, 6) is 1.04. The van der Waals surface area contributed by atoms with Gasteiger partial charge in [-0.3, -0.25) is 4.79 Å². The van der Waals surface area contributed by atoms with Gasteiger partial charge in [0.25, 0.3) is 5.91 Å². The van der Waals surface area contributed by atoms with Crippen molar-refractivity contribution in [3.8, 4) is 5.75 Å². The molecule has 6 nitrogen and oxygen atoms in total. The van der Waals surface area contributed by atoms with E-state index in [0.29, 0.717) is 31.1 Å². The fourth-order valence-corrected chi connectivity index (χ4v) is 3.85. The van der Waals surface area contributed by atoms with Crippen LogP contribution in [0.3, 0.4) is 0 Å². The smallest absolute Gasteiger partial charge is 0.346 e. The highest BCUT2D eigenvalue weighted by Gasteiger charge is 2.52. The number of rotatable bonds is 5. The lowest BCUT2D eigenvalue weighted by molar-refractivity contribution is -0.132. The number of hydrogen-bond donors (Lipinski definition) is 1. The van der Waals surface area contributed by atoms with Crippen LogP contribution in [-0.2, 0) is 11.4 Å². The van der Waals surface area contributed by atoms with Gasteiger partial charge in [0.2, 0.25) is 0 Å². The molecule has 2 fully saturated rings. The van der Waals surface area contributed by atoms with E-state index in [1.54, 1.807) is 0 Å². The first-order valence-electron chi connectivity index (χ1n) is 10.0. The molecular weight excluding hydrogens is 366 g/mol. The van der Waals surface area contributed by atoms with Crippen molar-refractivity contribution in [2.75, 3.05) is 0 Å². The summed E-state index contributed by atoms with van der Waals surface area (Å²) in [6.45, 7) is 2.65. The number of benzene rings is 2. The van der Waals surface area contributed by atoms with E-state index < -0.39 is 11.6 Å². The molecule has 0 unspecified atom stereocenters. The highest BCUT2D eigenvalue weighted by atomic mass is 16.5. The molecule has 0 radical (unpaired) electrons. The van der Waals surface area contributed by atoms with Gasteiger partial charge in [-0.25, -0.2) is 4.79 Å². The van der Waals surface area contributed by atoms with Crippen LogP contribution in [0.4, 0.5) is 4.79 Å². The van der Waals surface area contributed by atoms with Crippen molar-refractivity contribution < 1.29 is 14.3 Å². The maximum Gasteiger partial charge on any atom is 0.346 e. The number of ether oxygens (including phenoxy) is 1. The van der Waals surface area contributed by atoms with Gasteiger partial charge in [0, 0.05) is 0 Å². The monoisotopic (exact) mass is 391 g/mol. The predicted molar refractivity (Wildman–Crippen MR) is 111 cm³/mol. The first-order valence-corrected chi connectivity index (χ1v) is 10.0. The molecule has 2 aromatic carbocycles. The van der Waals surface area contributed by atoms with Crippen LogP contribution in [0.25, 0.3) is 0 Å². The largest absolute Gasteiger partial charge is 0.489 e. The topological polar surface area (TPSA) is 71.0 Å². The zero-order valence-corrected chi connectivity index (χ0v) is 16.5. The number of hydrazone groups is 1. The number of nitrogens with zero attached hydrogens (tertiary/aromatic N) is 2. The first-order chi connectivity index (χ1) is 14.1. The standard InChI is InChI=1S/C23H25N3O3/c1-17-10-12-23(13-11-17)21(27)26(22(28)25-23)24-15-19-8-5-9-20(14-19)29-16-18-6-3-2-4-7-18/h2-9,14-15,17H,10-13,16H2,1H3,(H,25,28)/b24-15+. The van der Waals surface area contributed by atoms with Gasteiger partial charge < -0.3 is 10.1 Å². The third-order valence-corrected chi connectivity index (χ3v) is 5.70. The van der Waals surface area contributed by atoms with Crippen LogP contribution in [0.2, 0.25) is 0 Å². The molecule has 1 saturated carbocycles. The second-order valence-electron chi connectivity index (χ2n) is 7.90. The molecule has 150 valence electrons. The summed E-state index contributed by atoms with van der Waals surface area (Å²) >= 11 is 0. The van der Waals surface area contributed by atoms with Gasteiger partial charge in [0.15, 0.2) is 0 Å². The fourth-order valence-electron chi connectivity index (χ4n) is 3.85. The zero-order valence-electron chi connectivity index (χ0n) is 16.5. The minimum absolute atomic E-state index is 0.248. The Kier molecular flexibility index (Phi) is 5.34. The highest BCUT2D eigenvalue weighted by Crippen LogP contribution is 2.36. The van der Waals surface area contributed by atoms with Gasteiger partial charge in [0.05, 0.1) is 6.21 Å². The van der Waals surface area contributed by atoms with Gasteiger partial charge in [-0.1, -0.05) is 49.4 Å². The number of carbonyl (C=O) groups excluding carboxylic acids is 2. The molecule has 1 N–H and O–H groups in total. The second-order valence-corrected chi connectivity index (χ2v) is 7.90. The van der Waals surface area contributed by atoms with E-state index in [4.69, 9.17) is 4.74 Å². The summed E-state index contributed by atoms with van der Waals surface area (Å²) < 4.78 is 5.83. The lowest BCUT2D eigenvalue weighted by Crippen LogP contribution is -2.49. The van der Waals surface area contributed by atoms with Gasteiger partial charge in [-0.05, 0) is 54.9 Å². The average Bonchev–Trinajstić information content (AvgIpc) is 2.97. The van der Waals surface area contributed by atoms with Crippen LogP contribution < -0.4 is 10.1 Å². The summed E-state index contributed by atoms with van der Waals surface area (Å²) in [5, 5.41) is 8.02. The van der Waals surface area contributed by atoms with Crippen molar-refractivity contribution >= 4 is 18.2 Å². The lowest BCUT2D eigenvalue weighted by atomic mass is 9.77. The minimum Gasteiger partial charge on any atom is -0.489 e. The Morgan fingerprint density at radius 3 is 2.66 bits per heavy atom. The molecule has 1 aliphatic carbocycles. The van der Waals surface area contributed by atoms with Crippen LogP contribution in [-0.4, -0.2) is 28.7 Å². The summed E-state index contributed by atoms with van der Waals surface area (Å²) in [7, 11) is 0. The van der Waals surface area contributed by atoms with E-state index in [1.807, 2.05) is 54.6 Å². The van der Waals surface area contributed by atoms with E-state index >= 15 is 0 Å². The van der Waals surface area contributed by atoms with Crippen LogP contribution in [0.15, 0.2) is 59.7 Å². The third-order valence-electron chi connectivity index (χ3n) is 5.70. The number of amides is 3. The average molecular weight is 391 g/mol. The van der Waals surface area contributed by atoms with Crippen molar-refractivity contribution in [3.05, 3.63) is 65.7 Å². The Labute approximate surface area is 170 Å². The fraction of sp³-hybridized carbons (Fsp3) is 0.348. The quantitative estimate of drug-likeness (QED) is 0.616. The van der Waals surface area contributed by atoms with Crippen LogP contribution in [0, 0.1) is 5.92 Å². The molecule has 1 spiro atoms. The van der Waals surface area contributed by atoms with Crippen molar-refractivity contribution in [1.29, 1.82) is 0 Å². The predicted octanol–water partition coefficient (Wildman–Crippen LogP) is 4.10. The molecular formula is C23H25N3O3. The summed E-state index contributed by atoms with van der Waals surface area (Å²) in [5.41, 5.74) is 1.06. The Morgan fingerprint density at radius 2 is 1.90 bits per heavy atom. The summed E-state index contributed by atoms with van der Waals surface area (Å²) in [4.78, 5) is 25.2. The van der Waals surface area contributed by atoms with Gasteiger partial charge in [0.1, 0.15) is 17.9 Å². The Balaban J connectivity index is 1.42. The summed E-state index contributed by atoms with van der Waals surface area (Å²) in [6, 6.07) is 16.9. The molecule has 2 aliphatic rings. The van der Waals surface area contributed by atoms with E-state index in [1.165, 1.54) is 6.21 Å². The molecule has 0 atom stereocenters. The van der Waals surface area contributed by atoms with Crippen molar-refractivity contribution in [2.45, 2.75) is 44.8 Å². The minimum atomic E-state index is -0.776.